The molecule has 0 radical (unpaired) electrons. The van der Waals surface area contributed by atoms with E-state index in [1.807, 2.05) is 41.8 Å². The molecule has 1 aliphatic heterocycles. The molecule has 172 valence electrons. The van der Waals surface area contributed by atoms with Gasteiger partial charge >= 0.3 is 0 Å². The summed E-state index contributed by atoms with van der Waals surface area (Å²) < 4.78 is 3.62. The number of anilines is 2. The number of aromatic nitrogens is 4. The molecule has 1 atom stereocenters. The highest BCUT2D eigenvalue weighted by molar-refractivity contribution is 6.04. The smallest absolute Gasteiger partial charge is 0.274 e. The molecule has 0 saturated carbocycles. The SMILES string of the molecule is C[C@@H]1CNC(=O)c2cc3ccc(C(=O)Nc4cnn(Cc5ccc(N)cc5)c4)nc3n21.Cl.Cl. The van der Waals surface area contributed by atoms with Gasteiger partial charge in [0.25, 0.3) is 11.8 Å². The van der Waals surface area contributed by atoms with Gasteiger partial charge in [-0.15, -0.1) is 24.8 Å². The molecule has 0 aliphatic carbocycles. The largest absolute Gasteiger partial charge is 0.399 e. The van der Waals surface area contributed by atoms with Crippen LogP contribution in [-0.2, 0) is 6.54 Å². The minimum Gasteiger partial charge on any atom is -0.399 e. The van der Waals surface area contributed by atoms with Crippen LogP contribution in [-0.4, -0.2) is 37.7 Å². The summed E-state index contributed by atoms with van der Waals surface area (Å²) in [5.41, 5.74) is 9.52. The summed E-state index contributed by atoms with van der Waals surface area (Å²) in [5, 5.41) is 10.8. The molecule has 0 fully saturated rings. The van der Waals surface area contributed by atoms with Crippen molar-refractivity contribution >= 4 is 59.0 Å². The fraction of sp³-hybridized carbons (Fsp3) is 0.182. The van der Waals surface area contributed by atoms with E-state index in [1.165, 1.54) is 0 Å². The molecule has 0 bridgehead atoms. The number of amides is 2. The highest BCUT2D eigenvalue weighted by Crippen LogP contribution is 2.25. The number of nitrogens with two attached hydrogens (primary N) is 1. The average molecular weight is 488 g/mol. The molecule has 9 nitrogen and oxygen atoms in total. The van der Waals surface area contributed by atoms with Crippen molar-refractivity contribution in [1.29, 1.82) is 0 Å². The zero-order chi connectivity index (χ0) is 21.5. The molecular formula is C22H23Cl2N7O2. The minimum absolute atomic E-state index is 0. The third kappa shape index (κ3) is 4.64. The van der Waals surface area contributed by atoms with Crippen LogP contribution in [0.1, 0.15) is 39.5 Å². The van der Waals surface area contributed by atoms with Gasteiger partial charge in [-0.1, -0.05) is 12.1 Å². The van der Waals surface area contributed by atoms with Gasteiger partial charge in [-0.3, -0.25) is 14.3 Å². The number of hydrogen-bond donors (Lipinski definition) is 3. The number of nitrogens with one attached hydrogen (secondary N) is 2. The summed E-state index contributed by atoms with van der Waals surface area (Å²) in [5.74, 6) is -0.465. The lowest BCUT2D eigenvalue weighted by molar-refractivity contribution is 0.0918. The van der Waals surface area contributed by atoms with Crippen LogP contribution in [0.3, 0.4) is 0 Å². The molecule has 4 heterocycles. The number of benzene rings is 1. The molecule has 4 N–H and O–H groups in total. The summed E-state index contributed by atoms with van der Waals surface area (Å²) >= 11 is 0. The number of nitrogens with zero attached hydrogens (tertiary/aromatic N) is 4. The predicted octanol–water partition coefficient (Wildman–Crippen LogP) is 3.26. The zero-order valence-electron chi connectivity index (χ0n) is 17.7. The van der Waals surface area contributed by atoms with Crippen LogP contribution >= 0.6 is 24.8 Å². The van der Waals surface area contributed by atoms with Crippen LogP contribution < -0.4 is 16.4 Å². The first-order valence-corrected chi connectivity index (χ1v) is 9.96. The molecule has 1 aromatic carbocycles. The monoisotopic (exact) mass is 487 g/mol. The number of rotatable bonds is 4. The highest BCUT2D eigenvalue weighted by Gasteiger charge is 2.25. The summed E-state index contributed by atoms with van der Waals surface area (Å²) in [6, 6.07) is 12.9. The summed E-state index contributed by atoms with van der Waals surface area (Å²) in [6.07, 6.45) is 3.36. The van der Waals surface area contributed by atoms with Crippen molar-refractivity contribution in [3.63, 3.8) is 0 Å². The third-order valence-corrected chi connectivity index (χ3v) is 5.36. The molecule has 2 amide bonds. The van der Waals surface area contributed by atoms with E-state index in [4.69, 9.17) is 5.73 Å². The molecule has 11 heteroatoms. The maximum Gasteiger partial charge on any atom is 0.274 e. The molecule has 3 aromatic heterocycles. The molecule has 0 spiro atoms. The Kier molecular flexibility index (Phi) is 6.95. The quantitative estimate of drug-likeness (QED) is 0.381. The van der Waals surface area contributed by atoms with Crippen molar-refractivity contribution < 1.29 is 9.59 Å². The number of fused-ring (bicyclic) bond motifs is 3. The Bertz CT molecular complexity index is 1310. The first-order chi connectivity index (χ1) is 15.0. The zero-order valence-corrected chi connectivity index (χ0v) is 19.3. The normalized spacial score (nSPS) is 14.6. The Morgan fingerprint density at radius 3 is 2.73 bits per heavy atom. The van der Waals surface area contributed by atoms with E-state index in [1.54, 1.807) is 29.2 Å². The molecule has 4 aromatic rings. The van der Waals surface area contributed by atoms with Crippen LogP contribution in [0.15, 0.2) is 54.9 Å². The summed E-state index contributed by atoms with van der Waals surface area (Å²) in [4.78, 5) is 29.5. The van der Waals surface area contributed by atoms with Gasteiger partial charge in [0.05, 0.1) is 24.5 Å². The number of pyridine rings is 1. The molecule has 0 saturated heterocycles. The Balaban J connectivity index is 0.00000153. The van der Waals surface area contributed by atoms with E-state index in [-0.39, 0.29) is 48.4 Å². The van der Waals surface area contributed by atoms with Crippen molar-refractivity contribution in [3.8, 4) is 0 Å². The van der Waals surface area contributed by atoms with Crippen LogP contribution in [0.4, 0.5) is 11.4 Å². The van der Waals surface area contributed by atoms with Crippen molar-refractivity contribution in [1.82, 2.24) is 24.6 Å². The van der Waals surface area contributed by atoms with Gasteiger partial charge in [-0.2, -0.15) is 5.10 Å². The van der Waals surface area contributed by atoms with Gasteiger partial charge in [0.1, 0.15) is 17.0 Å². The van der Waals surface area contributed by atoms with Crippen molar-refractivity contribution in [2.24, 2.45) is 0 Å². The van der Waals surface area contributed by atoms with Crippen LogP contribution in [0.25, 0.3) is 11.0 Å². The van der Waals surface area contributed by atoms with Gasteiger partial charge in [-0.25, -0.2) is 4.98 Å². The molecule has 0 unspecified atom stereocenters. The Morgan fingerprint density at radius 2 is 1.97 bits per heavy atom. The van der Waals surface area contributed by atoms with Gasteiger partial charge in [0, 0.05) is 23.8 Å². The minimum atomic E-state index is -0.336. The van der Waals surface area contributed by atoms with Gasteiger partial charge < -0.3 is 20.9 Å². The molecule has 33 heavy (non-hydrogen) atoms. The van der Waals surface area contributed by atoms with E-state index < -0.39 is 0 Å². The first-order valence-electron chi connectivity index (χ1n) is 9.96. The second-order valence-electron chi connectivity index (χ2n) is 7.69. The van der Waals surface area contributed by atoms with Crippen LogP contribution in [0.5, 0.6) is 0 Å². The second kappa shape index (κ2) is 9.51. The summed E-state index contributed by atoms with van der Waals surface area (Å²) in [6.45, 7) is 3.10. The standard InChI is InChI=1S/C22H21N7O2.2ClH/c1-13-9-24-22(31)19-8-15-4-7-18(27-20(15)29(13)19)21(30)26-17-10-25-28(12-17)11-14-2-5-16(23)6-3-14;;/h2-8,10,12-13H,9,11,23H2,1H3,(H,24,31)(H,26,30);2*1H/t13-;;/m1../s1. The third-order valence-electron chi connectivity index (χ3n) is 5.36. The Morgan fingerprint density at radius 1 is 1.21 bits per heavy atom. The van der Waals surface area contributed by atoms with Crippen molar-refractivity contribution in [2.45, 2.75) is 19.5 Å². The second-order valence-corrected chi connectivity index (χ2v) is 7.69. The van der Waals surface area contributed by atoms with Crippen molar-refractivity contribution in [2.75, 3.05) is 17.6 Å². The van der Waals surface area contributed by atoms with Crippen LogP contribution in [0.2, 0.25) is 0 Å². The molecular weight excluding hydrogens is 465 g/mol. The highest BCUT2D eigenvalue weighted by atomic mass is 35.5. The summed E-state index contributed by atoms with van der Waals surface area (Å²) in [7, 11) is 0. The lowest BCUT2D eigenvalue weighted by atomic mass is 10.2. The fourth-order valence-corrected chi connectivity index (χ4v) is 3.79. The van der Waals surface area contributed by atoms with E-state index in [0.717, 1.165) is 10.9 Å². The predicted molar refractivity (Wildman–Crippen MR) is 131 cm³/mol. The average Bonchev–Trinajstić information content (AvgIpc) is 3.37. The number of carbonyl (C=O) groups is 2. The topological polar surface area (TPSA) is 120 Å². The fourth-order valence-electron chi connectivity index (χ4n) is 3.79. The van der Waals surface area contributed by atoms with Crippen molar-refractivity contribution in [3.05, 3.63) is 71.8 Å². The number of halogens is 2. The number of hydrogen-bond acceptors (Lipinski definition) is 5. The Labute approximate surface area is 202 Å². The first kappa shape index (κ1) is 24.1. The van der Waals surface area contributed by atoms with E-state index in [0.29, 0.717) is 35.8 Å². The Hall–Kier alpha value is -3.56. The number of nitrogen functional groups attached to an aromatic ring is 1. The lowest BCUT2D eigenvalue weighted by Gasteiger charge is -2.23. The van der Waals surface area contributed by atoms with E-state index >= 15 is 0 Å². The molecule has 1 aliphatic rings. The van der Waals surface area contributed by atoms with Gasteiger partial charge in [-0.05, 0) is 42.8 Å². The van der Waals surface area contributed by atoms with Crippen LogP contribution in [0, 0.1) is 0 Å². The van der Waals surface area contributed by atoms with Gasteiger partial charge in [0.15, 0.2) is 0 Å². The maximum absolute atomic E-state index is 12.8. The lowest BCUT2D eigenvalue weighted by Crippen LogP contribution is -2.37. The van der Waals surface area contributed by atoms with E-state index in [2.05, 4.69) is 20.7 Å². The molecule has 5 rings (SSSR count). The number of carbonyl (C=O) groups excluding carboxylic acids is 2. The van der Waals surface area contributed by atoms with Gasteiger partial charge in [0.2, 0.25) is 0 Å². The van der Waals surface area contributed by atoms with E-state index in [9.17, 15) is 9.59 Å². The maximum atomic E-state index is 12.8.